The minimum absolute atomic E-state index is 0.0473. The van der Waals surface area contributed by atoms with E-state index in [0.717, 1.165) is 12.3 Å². The molecule has 0 bridgehead atoms. The molecule has 0 aliphatic rings. The second-order valence-corrected chi connectivity index (χ2v) is 6.64. The van der Waals surface area contributed by atoms with Crippen LogP contribution in [0.5, 0.6) is 0 Å². The first-order valence-electron chi connectivity index (χ1n) is 5.55. The maximum atomic E-state index is 13.7. The molecule has 0 aliphatic carbocycles. The number of nitrogens with one attached hydrogen (secondary N) is 1. The van der Waals surface area contributed by atoms with Crippen molar-refractivity contribution in [3.05, 3.63) is 34.9 Å². The van der Waals surface area contributed by atoms with Gasteiger partial charge in [-0.1, -0.05) is 0 Å². The minimum atomic E-state index is -3.10. The Kier molecular flexibility index (Phi) is 4.81. The molecule has 3 nitrogen and oxygen atoms in total. The van der Waals surface area contributed by atoms with Gasteiger partial charge in [0.2, 0.25) is 0 Å². The van der Waals surface area contributed by atoms with Crippen molar-refractivity contribution in [2.24, 2.45) is 0 Å². The molecule has 1 aromatic carbocycles. The molecule has 0 aromatic heterocycles. The topological polar surface area (TPSA) is 46.2 Å². The van der Waals surface area contributed by atoms with Gasteiger partial charge in [0.15, 0.2) is 0 Å². The van der Waals surface area contributed by atoms with Crippen molar-refractivity contribution < 1.29 is 17.2 Å². The molecule has 1 unspecified atom stereocenters. The highest BCUT2D eigenvalue weighted by Gasteiger charge is 2.18. The molecular formula is C12H17F2NO2S. The second kappa shape index (κ2) is 5.75. The largest absolute Gasteiger partial charge is 0.313 e. The van der Waals surface area contributed by atoms with E-state index in [2.05, 4.69) is 5.32 Å². The number of hydrogen-bond acceptors (Lipinski definition) is 3. The Labute approximate surface area is 106 Å². The predicted molar refractivity (Wildman–Crippen MR) is 67.2 cm³/mol. The van der Waals surface area contributed by atoms with E-state index in [1.807, 2.05) is 0 Å². The van der Waals surface area contributed by atoms with E-state index in [0.29, 0.717) is 11.1 Å². The van der Waals surface area contributed by atoms with Gasteiger partial charge in [0.05, 0.1) is 5.75 Å². The third kappa shape index (κ3) is 4.03. The minimum Gasteiger partial charge on any atom is -0.313 e. The second-order valence-electron chi connectivity index (χ2n) is 4.38. The Morgan fingerprint density at radius 2 is 1.89 bits per heavy atom. The first-order valence-corrected chi connectivity index (χ1v) is 7.61. The monoisotopic (exact) mass is 277 g/mol. The van der Waals surface area contributed by atoms with Gasteiger partial charge < -0.3 is 5.32 Å². The molecule has 102 valence electrons. The molecule has 1 aromatic rings. The van der Waals surface area contributed by atoms with Gasteiger partial charge in [-0.25, -0.2) is 17.2 Å². The number of aryl methyl sites for hydroxylation is 1. The van der Waals surface area contributed by atoms with E-state index >= 15 is 0 Å². The highest BCUT2D eigenvalue weighted by atomic mass is 32.2. The number of rotatable bonds is 5. The Balaban J connectivity index is 2.98. The number of benzene rings is 1. The van der Waals surface area contributed by atoms with E-state index < -0.39 is 27.5 Å². The lowest BCUT2D eigenvalue weighted by atomic mass is 10.0. The van der Waals surface area contributed by atoms with E-state index in [1.165, 1.54) is 6.07 Å². The summed E-state index contributed by atoms with van der Waals surface area (Å²) in [4.78, 5) is 0. The van der Waals surface area contributed by atoms with Crippen molar-refractivity contribution in [3.63, 3.8) is 0 Å². The molecule has 0 heterocycles. The van der Waals surface area contributed by atoms with Gasteiger partial charge in [-0.2, -0.15) is 0 Å². The zero-order valence-electron chi connectivity index (χ0n) is 10.6. The van der Waals surface area contributed by atoms with Crippen LogP contribution in [0.25, 0.3) is 0 Å². The average Bonchev–Trinajstić information content (AvgIpc) is 2.24. The summed E-state index contributed by atoms with van der Waals surface area (Å²) in [6, 6.07) is 1.79. The summed E-state index contributed by atoms with van der Waals surface area (Å²) in [6.07, 6.45) is 1.38. The van der Waals surface area contributed by atoms with Crippen LogP contribution in [0.15, 0.2) is 12.1 Å². The first kappa shape index (κ1) is 15.0. The first-order chi connectivity index (χ1) is 8.24. The third-order valence-corrected chi connectivity index (χ3v) is 3.76. The predicted octanol–water partition coefficient (Wildman–Crippen LogP) is 1.97. The molecule has 1 atom stereocenters. The van der Waals surface area contributed by atoms with Crippen LogP contribution in [0.2, 0.25) is 0 Å². The summed E-state index contributed by atoms with van der Waals surface area (Å²) < 4.78 is 49.0. The van der Waals surface area contributed by atoms with Crippen LogP contribution in [-0.4, -0.2) is 27.5 Å². The van der Waals surface area contributed by atoms with E-state index in [-0.39, 0.29) is 12.2 Å². The summed E-state index contributed by atoms with van der Waals surface area (Å²) in [6.45, 7) is 1.54. The molecular weight excluding hydrogens is 260 g/mol. The maximum Gasteiger partial charge on any atom is 0.147 e. The molecule has 0 saturated heterocycles. The van der Waals surface area contributed by atoms with Gasteiger partial charge in [-0.05, 0) is 32.0 Å². The zero-order valence-corrected chi connectivity index (χ0v) is 11.4. The third-order valence-electron chi connectivity index (χ3n) is 2.78. The van der Waals surface area contributed by atoms with Crippen molar-refractivity contribution >= 4 is 9.84 Å². The summed E-state index contributed by atoms with van der Waals surface area (Å²) in [5.41, 5.74) is 0.631. The molecule has 0 radical (unpaired) electrons. The lowest BCUT2D eigenvalue weighted by Crippen LogP contribution is -2.21. The maximum absolute atomic E-state index is 13.7. The molecule has 1 N–H and O–H groups in total. The molecule has 0 saturated carbocycles. The van der Waals surface area contributed by atoms with Crippen molar-refractivity contribution in [3.8, 4) is 0 Å². The molecule has 0 spiro atoms. The quantitative estimate of drug-likeness (QED) is 0.895. The van der Waals surface area contributed by atoms with Gasteiger partial charge in [0.25, 0.3) is 0 Å². The lowest BCUT2D eigenvalue weighted by molar-refractivity contribution is 0.509. The van der Waals surface area contributed by atoms with Gasteiger partial charge >= 0.3 is 0 Å². The smallest absolute Gasteiger partial charge is 0.147 e. The Hall–Kier alpha value is -1.01. The zero-order chi connectivity index (χ0) is 13.9. The molecule has 0 fully saturated rings. The van der Waals surface area contributed by atoms with Gasteiger partial charge in [-0.15, -0.1) is 0 Å². The number of sulfone groups is 1. The summed E-state index contributed by atoms with van der Waals surface area (Å²) in [5, 5.41) is 2.85. The van der Waals surface area contributed by atoms with Gasteiger partial charge in [-0.3, -0.25) is 0 Å². The van der Waals surface area contributed by atoms with Crippen LogP contribution < -0.4 is 5.32 Å². The van der Waals surface area contributed by atoms with Gasteiger partial charge in [0, 0.05) is 23.9 Å². The fraction of sp³-hybridized carbons (Fsp3) is 0.500. The molecule has 0 aliphatic heterocycles. The number of halogens is 2. The average molecular weight is 277 g/mol. The standard InChI is InChI=1S/C12H17F2NO2S/c1-8-6-9(11(14)7-10(8)13)12(15-2)4-5-18(3,16)17/h6-7,12,15H,4-5H2,1-3H3. The van der Waals surface area contributed by atoms with Crippen molar-refractivity contribution in [1.29, 1.82) is 0 Å². The van der Waals surface area contributed by atoms with Crippen molar-refractivity contribution in [2.45, 2.75) is 19.4 Å². The van der Waals surface area contributed by atoms with Gasteiger partial charge in [0.1, 0.15) is 21.5 Å². The Morgan fingerprint density at radius 1 is 1.28 bits per heavy atom. The highest BCUT2D eigenvalue weighted by molar-refractivity contribution is 7.90. The Bertz CT molecular complexity index is 529. The lowest BCUT2D eigenvalue weighted by Gasteiger charge is -2.17. The molecule has 6 heteroatoms. The number of hydrogen-bond donors (Lipinski definition) is 1. The van der Waals surface area contributed by atoms with E-state index in [4.69, 9.17) is 0 Å². The highest BCUT2D eigenvalue weighted by Crippen LogP contribution is 2.23. The van der Waals surface area contributed by atoms with Crippen LogP contribution in [0.1, 0.15) is 23.6 Å². The van der Waals surface area contributed by atoms with Crippen LogP contribution in [0.3, 0.4) is 0 Å². The summed E-state index contributed by atoms with van der Waals surface area (Å²) >= 11 is 0. The Morgan fingerprint density at radius 3 is 2.39 bits per heavy atom. The summed E-state index contributed by atoms with van der Waals surface area (Å²) in [5.74, 6) is -1.31. The van der Waals surface area contributed by atoms with Crippen LogP contribution in [0.4, 0.5) is 8.78 Å². The van der Waals surface area contributed by atoms with E-state index in [1.54, 1.807) is 14.0 Å². The fourth-order valence-corrected chi connectivity index (χ4v) is 2.40. The van der Waals surface area contributed by atoms with Crippen molar-refractivity contribution in [2.75, 3.05) is 19.1 Å². The van der Waals surface area contributed by atoms with Crippen LogP contribution >= 0.6 is 0 Å². The van der Waals surface area contributed by atoms with E-state index in [9.17, 15) is 17.2 Å². The van der Waals surface area contributed by atoms with Crippen molar-refractivity contribution in [1.82, 2.24) is 5.32 Å². The normalized spacial score (nSPS) is 13.6. The molecule has 1 rings (SSSR count). The molecule has 0 amide bonds. The van der Waals surface area contributed by atoms with Crippen LogP contribution in [-0.2, 0) is 9.84 Å². The SMILES string of the molecule is CNC(CCS(C)(=O)=O)c1cc(C)c(F)cc1F. The van der Waals surface area contributed by atoms with Crippen LogP contribution in [0, 0.1) is 18.6 Å². The summed E-state index contributed by atoms with van der Waals surface area (Å²) in [7, 11) is -1.49. The molecule has 18 heavy (non-hydrogen) atoms. The fourth-order valence-electron chi connectivity index (χ4n) is 1.73.